The van der Waals surface area contributed by atoms with Gasteiger partial charge in [0.25, 0.3) is 0 Å². The van der Waals surface area contributed by atoms with E-state index in [0.717, 1.165) is 80.0 Å². The van der Waals surface area contributed by atoms with Gasteiger partial charge in [0.2, 0.25) is 0 Å². The van der Waals surface area contributed by atoms with Crippen molar-refractivity contribution in [2.75, 3.05) is 48.3 Å². The molecule has 1 atom stereocenters. The monoisotopic (exact) mass is 617 g/mol. The molecule has 6 aliphatic rings. The molecule has 2 aromatic rings. The fourth-order valence-electron chi connectivity index (χ4n) is 9.18. The lowest BCUT2D eigenvalue weighted by molar-refractivity contribution is -0.139. The van der Waals surface area contributed by atoms with Crippen molar-refractivity contribution in [3.05, 3.63) is 35.3 Å². The van der Waals surface area contributed by atoms with Gasteiger partial charge in [0.15, 0.2) is 0 Å². The second kappa shape index (κ2) is 13.0. The Morgan fingerprint density at radius 1 is 1.09 bits per heavy atom. The number of anilines is 3. The topological polar surface area (TPSA) is 142 Å². The zero-order valence-corrected chi connectivity index (χ0v) is 26.3. The molecule has 11 nitrogen and oxygen atoms in total. The molecule has 5 fully saturated rings. The zero-order chi connectivity index (χ0) is 30.9. The summed E-state index contributed by atoms with van der Waals surface area (Å²) in [7, 11) is 0. The van der Waals surface area contributed by atoms with E-state index in [-0.39, 0.29) is 6.54 Å². The predicted molar refractivity (Wildman–Crippen MR) is 172 cm³/mol. The number of aromatic nitrogens is 3. The van der Waals surface area contributed by atoms with Gasteiger partial charge in [-0.2, -0.15) is 0 Å². The van der Waals surface area contributed by atoms with Gasteiger partial charge >= 0.3 is 12.1 Å². The van der Waals surface area contributed by atoms with Crippen molar-refractivity contribution < 1.29 is 19.4 Å². The molecule has 0 radical (unpaired) electrons. The van der Waals surface area contributed by atoms with Gasteiger partial charge in [-0.3, -0.25) is 0 Å². The molecule has 2 aromatic heterocycles. The third-order valence-electron chi connectivity index (χ3n) is 11.3. The van der Waals surface area contributed by atoms with Crippen LogP contribution in [0.25, 0.3) is 0 Å². The van der Waals surface area contributed by atoms with Crippen LogP contribution in [0.3, 0.4) is 0 Å². The number of aliphatic carboxylic acids is 1. The number of rotatable bonds is 10. The van der Waals surface area contributed by atoms with Crippen molar-refractivity contribution in [1.29, 1.82) is 0 Å². The van der Waals surface area contributed by atoms with E-state index in [0.29, 0.717) is 42.5 Å². The summed E-state index contributed by atoms with van der Waals surface area (Å²) in [6.45, 7) is 5.13. The van der Waals surface area contributed by atoms with E-state index in [1.54, 1.807) is 0 Å². The first-order valence-corrected chi connectivity index (χ1v) is 17.2. The maximum atomic E-state index is 12.7. The molecular weight excluding hydrogens is 570 g/mol. The highest BCUT2D eigenvalue weighted by atomic mass is 16.5. The normalized spacial score (nSPS) is 27.8. The third kappa shape index (κ3) is 6.40. The van der Waals surface area contributed by atoms with Crippen LogP contribution >= 0.6 is 0 Å². The Balaban J connectivity index is 0.933. The molecule has 4 bridgehead atoms. The molecular formula is C34H47N7O4. The van der Waals surface area contributed by atoms with Crippen molar-refractivity contribution in [3.63, 3.8) is 0 Å². The van der Waals surface area contributed by atoms with Crippen LogP contribution in [0.2, 0.25) is 0 Å². The van der Waals surface area contributed by atoms with E-state index in [9.17, 15) is 14.7 Å². The molecule has 4 aliphatic carbocycles. The Labute approximate surface area is 265 Å². The number of nitrogens with zero attached hydrogens (tertiary/aromatic N) is 4. The van der Waals surface area contributed by atoms with Crippen LogP contribution in [0, 0.1) is 29.6 Å². The smallest absolute Gasteiger partial charge is 0.407 e. The van der Waals surface area contributed by atoms with E-state index >= 15 is 0 Å². The minimum atomic E-state index is -1.14. The van der Waals surface area contributed by atoms with E-state index in [4.69, 9.17) is 9.72 Å². The molecule has 0 spiro atoms. The number of aryl methyl sites for hydroxylation is 1. The van der Waals surface area contributed by atoms with Crippen LogP contribution in [-0.4, -0.2) is 70.9 Å². The van der Waals surface area contributed by atoms with Crippen LogP contribution in [0.5, 0.6) is 0 Å². The molecule has 8 rings (SSSR count). The minimum absolute atomic E-state index is 0.00790. The highest BCUT2D eigenvalue weighted by Crippen LogP contribution is 2.56. The van der Waals surface area contributed by atoms with Gasteiger partial charge < -0.3 is 30.7 Å². The van der Waals surface area contributed by atoms with E-state index in [1.165, 1.54) is 44.0 Å². The number of hydrogen-bond acceptors (Lipinski definition) is 9. The van der Waals surface area contributed by atoms with E-state index < -0.39 is 18.1 Å². The average Bonchev–Trinajstić information content (AvgIpc) is 3.05. The van der Waals surface area contributed by atoms with Gasteiger partial charge in [-0.05, 0) is 105 Å². The third-order valence-corrected chi connectivity index (χ3v) is 11.3. The van der Waals surface area contributed by atoms with Crippen LogP contribution < -0.4 is 20.9 Å². The van der Waals surface area contributed by atoms with Crippen LogP contribution in [-0.2, 0) is 22.4 Å². The fraction of sp³-hybridized carbons (Fsp3) is 0.676. The number of ether oxygens (including phenoxy) is 1. The maximum absolute atomic E-state index is 12.7. The van der Waals surface area contributed by atoms with E-state index in [1.807, 2.05) is 0 Å². The zero-order valence-electron chi connectivity index (χ0n) is 26.3. The van der Waals surface area contributed by atoms with Crippen molar-refractivity contribution in [1.82, 2.24) is 20.3 Å². The van der Waals surface area contributed by atoms with Crippen LogP contribution in [0.1, 0.15) is 81.0 Å². The number of carboxylic acid groups (broad SMARTS) is 1. The number of fused-ring (bicyclic) bond motifs is 1. The van der Waals surface area contributed by atoms with E-state index in [2.05, 4.69) is 49.9 Å². The summed E-state index contributed by atoms with van der Waals surface area (Å²) in [5.74, 6) is 5.24. The summed E-state index contributed by atoms with van der Waals surface area (Å²) in [4.78, 5) is 41.2. The average molecular weight is 618 g/mol. The molecule has 1 saturated heterocycles. The molecule has 242 valence electrons. The lowest BCUT2D eigenvalue weighted by Gasteiger charge is -2.54. The summed E-state index contributed by atoms with van der Waals surface area (Å²) in [5, 5.41) is 19.1. The quantitative estimate of drug-likeness (QED) is 0.293. The number of carbonyl (C=O) groups excluding carboxylic acids is 1. The highest BCUT2D eigenvalue weighted by Gasteiger charge is 2.48. The highest BCUT2D eigenvalue weighted by molar-refractivity contribution is 5.80. The largest absolute Gasteiger partial charge is 0.480 e. The summed E-state index contributed by atoms with van der Waals surface area (Å²) < 4.78 is 5.63. The van der Waals surface area contributed by atoms with Crippen molar-refractivity contribution in [3.8, 4) is 0 Å². The van der Waals surface area contributed by atoms with Crippen molar-refractivity contribution >= 4 is 29.5 Å². The molecule has 2 aliphatic heterocycles. The molecule has 0 aromatic carbocycles. The standard InChI is InChI=1S/C34H47N7O4/c1-2-26-31(36-17-29(33(42)43)40-34(44)45-18-27-24-13-20-12-21(15-24)16-25(27)14-20)37-19-38-32(26)41-10-7-22(8-11-41)28-6-5-23-4-3-9-35-30(23)39-28/h5-6,19-22,24-25,27,29H,2-4,7-18H2,1H3,(H,35,39)(H,40,44)(H,42,43)(H,36,37,38). The molecule has 4 saturated carbocycles. The second-order valence-electron chi connectivity index (χ2n) is 14.0. The van der Waals surface area contributed by atoms with Gasteiger partial charge in [0, 0.05) is 43.4 Å². The first-order valence-electron chi connectivity index (χ1n) is 17.2. The van der Waals surface area contributed by atoms with Crippen molar-refractivity contribution in [2.45, 2.75) is 83.1 Å². The Bertz CT molecular complexity index is 1370. The second-order valence-corrected chi connectivity index (χ2v) is 14.0. The number of alkyl carbamates (subject to hydrolysis) is 1. The maximum Gasteiger partial charge on any atom is 0.407 e. The molecule has 4 N–H and O–H groups in total. The number of nitrogens with one attached hydrogen (secondary N) is 3. The molecule has 4 heterocycles. The number of carbonyl (C=O) groups is 2. The molecule has 1 unspecified atom stereocenters. The van der Waals surface area contributed by atoms with Crippen molar-refractivity contribution in [2.24, 2.45) is 29.6 Å². The molecule has 1 amide bonds. The Morgan fingerprint density at radius 3 is 2.56 bits per heavy atom. The van der Waals surface area contributed by atoms with Gasteiger partial charge in [-0.15, -0.1) is 0 Å². The first kappa shape index (κ1) is 30.0. The Kier molecular flexibility index (Phi) is 8.68. The van der Waals surface area contributed by atoms with Crippen LogP contribution in [0.4, 0.5) is 22.2 Å². The first-order chi connectivity index (χ1) is 21.9. The number of piperidine rings is 1. The van der Waals surface area contributed by atoms with Gasteiger partial charge in [-0.1, -0.05) is 13.0 Å². The summed E-state index contributed by atoms with van der Waals surface area (Å²) in [6, 6.07) is 3.28. The van der Waals surface area contributed by atoms with Gasteiger partial charge in [0.05, 0.1) is 6.61 Å². The Hall–Kier alpha value is -3.63. The number of hydrogen-bond donors (Lipinski definition) is 4. The summed E-state index contributed by atoms with van der Waals surface area (Å²) in [6.07, 6.45) is 12.2. The number of carboxylic acids is 1. The number of amides is 1. The van der Waals surface area contributed by atoms with Gasteiger partial charge in [-0.25, -0.2) is 24.5 Å². The molecule has 11 heteroatoms. The SMILES string of the molecule is CCc1c(NCC(NC(=O)OCC2C3CC4CC(C3)CC2C4)C(=O)O)ncnc1N1CCC(c2ccc3c(n2)NCCC3)CC1. The summed E-state index contributed by atoms with van der Waals surface area (Å²) in [5.41, 5.74) is 3.42. The lowest BCUT2D eigenvalue weighted by Crippen LogP contribution is -2.49. The predicted octanol–water partition coefficient (Wildman–Crippen LogP) is 4.84. The summed E-state index contributed by atoms with van der Waals surface area (Å²) >= 11 is 0. The fourth-order valence-corrected chi connectivity index (χ4v) is 9.18. The minimum Gasteiger partial charge on any atom is -0.480 e. The van der Waals surface area contributed by atoms with Crippen LogP contribution in [0.15, 0.2) is 18.5 Å². The lowest BCUT2D eigenvalue weighted by atomic mass is 9.52. The van der Waals surface area contributed by atoms with Gasteiger partial charge in [0.1, 0.15) is 29.8 Å². The number of pyridine rings is 1. The Morgan fingerprint density at radius 2 is 1.84 bits per heavy atom. The molecule has 45 heavy (non-hydrogen) atoms.